The van der Waals surface area contributed by atoms with Gasteiger partial charge in [0.05, 0.1) is 6.26 Å². The molecule has 0 atom stereocenters. The molecule has 17 heavy (non-hydrogen) atoms. The van der Waals surface area contributed by atoms with Crippen LogP contribution in [0, 0.1) is 0 Å². The quantitative estimate of drug-likeness (QED) is 0.770. The van der Waals surface area contributed by atoms with E-state index in [0.29, 0.717) is 5.82 Å². The fourth-order valence-corrected chi connectivity index (χ4v) is 1.59. The van der Waals surface area contributed by atoms with Crippen molar-refractivity contribution >= 4 is 5.57 Å². The Balaban J connectivity index is 3.10. The van der Waals surface area contributed by atoms with Crippen LogP contribution in [0.1, 0.15) is 57.5 Å². The van der Waals surface area contributed by atoms with Gasteiger partial charge in [0, 0.05) is 18.4 Å². The van der Waals surface area contributed by atoms with Gasteiger partial charge in [0.1, 0.15) is 11.6 Å². The van der Waals surface area contributed by atoms with Gasteiger partial charge in [-0.3, -0.25) is 0 Å². The van der Waals surface area contributed by atoms with Gasteiger partial charge in [0.25, 0.3) is 0 Å². The molecule has 0 fully saturated rings. The lowest BCUT2D eigenvalue weighted by atomic mass is 10.2. The molecule has 0 unspecified atom stereocenters. The summed E-state index contributed by atoms with van der Waals surface area (Å²) in [5, 5.41) is 9.16. The van der Waals surface area contributed by atoms with E-state index in [4.69, 9.17) is 5.11 Å². The topological polar surface area (TPSA) is 58.9 Å². The van der Waals surface area contributed by atoms with Crippen molar-refractivity contribution in [3.05, 3.63) is 23.7 Å². The van der Waals surface area contributed by atoms with Crippen molar-refractivity contribution in [1.29, 1.82) is 0 Å². The standard InChI is InChI=1S/C13H21N3O/c1-4-7-11-14-12(8-5-2)16-13(15-11)10(6-3)9-17/h9,17H,4-8H2,1-3H3/b10-9-. The molecule has 0 aliphatic heterocycles. The highest BCUT2D eigenvalue weighted by molar-refractivity contribution is 5.57. The van der Waals surface area contributed by atoms with Crippen LogP contribution in [0.4, 0.5) is 0 Å². The first kappa shape index (κ1) is 13.6. The van der Waals surface area contributed by atoms with Crippen molar-refractivity contribution in [2.45, 2.75) is 52.9 Å². The van der Waals surface area contributed by atoms with Crippen LogP contribution in [0.25, 0.3) is 5.57 Å². The first-order valence-corrected chi connectivity index (χ1v) is 6.32. The van der Waals surface area contributed by atoms with Crippen molar-refractivity contribution in [2.75, 3.05) is 0 Å². The molecule has 1 aromatic rings. The second kappa shape index (κ2) is 6.99. The van der Waals surface area contributed by atoms with Gasteiger partial charge in [-0.25, -0.2) is 15.0 Å². The average molecular weight is 235 g/mol. The summed E-state index contributed by atoms with van der Waals surface area (Å²) in [4.78, 5) is 13.2. The van der Waals surface area contributed by atoms with E-state index in [1.807, 2.05) is 6.92 Å². The second-order valence-corrected chi connectivity index (χ2v) is 4.00. The van der Waals surface area contributed by atoms with Crippen LogP contribution in [0.15, 0.2) is 6.26 Å². The Labute approximate surface area is 103 Å². The number of aliphatic hydroxyl groups excluding tert-OH is 1. The molecule has 1 heterocycles. The number of aliphatic hydroxyl groups is 1. The molecule has 0 spiro atoms. The van der Waals surface area contributed by atoms with Crippen LogP contribution in [0.2, 0.25) is 0 Å². The third-order valence-electron chi connectivity index (χ3n) is 2.50. The normalized spacial score (nSPS) is 11.8. The third-order valence-corrected chi connectivity index (χ3v) is 2.50. The average Bonchev–Trinajstić information content (AvgIpc) is 2.31. The Morgan fingerprint density at radius 2 is 1.53 bits per heavy atom. The van der Waals surface area contributed by atoms with E-state index < -0.39 is 0 Å². The highest BCUT2D eigenvalue weighted by atomic mass is 16.2. The monoisotopic (exact) mass is 235 g/mol. The lowest BCUT2D eigenvalue weighted by Gasteiger charge is -2.07. The van der Waals surface area contributed by atoms with Gasteiger partial charge in [0.2, 0.25) is 0 Å². The molecular weight excluding hydrogens is 214 g/mol. The first-order valence-electron chi connectivity index (χ1n) is 6.32. The van der Waals surface area contributed by atoms with Gasteiger partial charge in [-0.15, -0.1) is 0 Å². The molecule has 0 radical (unpaired) electrons. The summed E-state index contributed by atoms with van der Waals surface area (Å²) in [6.45, 7) is 6.18. The maximum atomic E-state index is 9.16. The Morgan fingerprint density at radius 1 is 1.00 bits per heavy atom. The minimum atomic E-state index is 0.622. The van der Waals surface area contributed by atoms with Gasteiger partial charge in [-0.05, 0) is 19.3 Å². The lowest BCUT2D eigenvalue weighted by Crippen LogP contribution is -2.07. The van der Waals surface area contributed by atoms with Gasteiger partial charge < -0.3 is 5.11 Å². The minimum absolute atomic E-state index is 0.622. The predicted molar refractivity (Wildman–Crippen MR) is 68.7 cm³/mol. The molecule has 4 heteroatoms. The van der Waals surface area contributed by atoms with Crippen molar-refractivity contribution in [3.8, 4) is 0 Å². The lowest BCUT2D eigenvalue weighted by molar-refractivity contribution is 0.473. The van der Waals surface area contributed by atoms with E-state index in [1.165, 1.54) is 0 Å². The summed E-state index contributed by atoms with van der Waals surface area (Å²) in [7, 11) is 0. The van der Waals surface area contributed by atoms with E-state index in [-0.39, 0.29) is 0 Å². The highest BCUT2D eigenvalue weighted by Gasteiger charge is 2.09. The molecule has 0 saturated carbocycles. The Morgan fingerprint density at radius 3 is 1.88 bits per heavy atom. The Hall–Kier alpha value is -1.45. The van der Waals surface area contributed by atoms with Crippen LogP contribution < -0.4 is 0 Å². The second-order valence-electron chi connectivity index (χ2n) is 4.00. The maximum Gasteiger partial charge on any atom is 0.162 e. The Kier molecular flexibility index (Phi) is 5.60. The zero-order chi connectivity index (χ0) is 12.7. The number of allylic oxidation sites excluding steroid dienone is 1. The number of aromatic nitrogens is 3. The van der Waals surface area contributed by atoms with E-state index in [9.17, 15) is 0 Å². The van der Waals surface area contributed by atoms with Gasteiger partial charge in [-0.1, -0.05) is 20.8 Å². The van der Waals surface area contributed by atoms with E-state index in [1.54, 1.807) is 0 Å². The molecule has 0 aliphatic carbocycles. The van der Waals surface area contributed by atoms with Gasteiger partial charge in [-0.2, -0.15) is 0 Å². The van der Waals surface area contributed by atoms with Gasteiger partial charge in [0.15, 0.2) is 5.82 Å². The number of hydrogen-bond donors (Lipinski definition) is 1. The summed E-state index contributed by atoms with van der Waals surface area (Å²) in [5.41, 5.74) is 0.766. The fourth-order valence-electron chi connectivity index (χ4n) is 1.59. The van der Waals surface area contributed by atoms with E-state index >= 15 is 0 Å². The number of hydrogen-bond acceptors (Lipinski definition) is 4. The minimum Gasteiger partial charge on any atom is -0.515 e. The molecule has 0 saturated heterocycles. The molecule has 4 nitrogen and oxygen atoms in total. The van der Waals surface area contributed by atoms with Crippen molar-refractivity contribution < 1.29 is 5.11 Å². The fraction of sp³-hybridized carbons (Fsp3) is 0.615. The number of rotatable bonds is 6. The highest BCUT2D eigenvalue weighted by Crippen LogP contribution is 2.14. The summed E-state index contributed by atoms with van der Waals surface area (Å²) in [6.07, 6.45) is 5.56. The smallest absolute Gasteiger partial charge is 0.162 e. The summed E-state index contributed by atoms with van der Waals surface area (Å²) in [6, 6.07) is 0. The van der Waals surface area contributed by atoms with Crippen LogP contribution in [0.3, 0.4) is 0 Å². The molecule has 94 valence electrons. The SMILES string of the molecule is CCCc1nc(CCC)nc(/C(=C\O)CC)n1. The molecule has 1 aromatic heterocycles. The summed E-state index contributed by atoms with van der Waals surface area (Å²) in [5.74, 6) is 2.28. The maximum absolute atomic E-state index is 9.16. The van der Waals surface area contributed by atoms with Crippen LogP contribution in [-0.2, 0) is 12.8 Å². The first-order chi connectivity index (χ1) is 8.24. The molecule has 0 aliphatic rings. The molecule has 0 aromatic carbocycles. The van der Waals surface area contributed by atoms with Crippen molar-refractivity contribution in [3.63, 3.8) is 0 Å². The summed E-state index contributed by atoms with van der Waals surface area (Å²) < 4.78 is 0. The molecule has 0 bridgehead atoms. The van der Waals surface area contributed by atoms with Crippen LogP contribution in [-0.4, -0.2) is 20.1 Å². The number of nitrogens with zero attached hydrogens (tertiary/aromatic N) is 3. The van der Waals surface area contributed by atoms with Crippen molar-refractivity contribution in [2.24, 2.45) is 0 Å². The summed E-state index contributed by atoms with van der Waals surface area (Å²) >= 11 is 0. The van der Waals surface area contributed by atoms with E-state index in [2.05, 4.69) is 28.8 Å². The molecule has 0 amide bonds. The Bertz CT molecular complexity index is 364. The molecular formula is C13H21N3O. The predicted octanol–water partition coefficient (Wildman–Crippen LogP) is 3.09. The zero-order valence-corrected chi connectivity index (χ0v) is 10.9. The van der Waals surface area contributed by atoms with Gasteiger partial charge >= 0.3 is 0 Å². The number of aryl methyl sites for hydroxylation is 2. The van der Waals surface area contributed by atoms with Crippen molar-refractivity contribution in [1.82, 2.24) is 15.0 Å². The largest absolute Gasteiger partial charge is 0.515 e. The molecule has 1 N–H and O–H groups in total. The van der Waals surface area contributed by atoms with E-state index in [0.717, 1.165) is 55.6 Å². The van der Waals surface area contributed by atoms with Crippen LogP contribution >= 0.6 is 0 Å². The van der Waals surface area contributed by atoms with Crippen LogP contribution in [0.5, 0.6) is 0 Å². The zero-order valence-electron chi connectivity index (χ0n) is 10.9. The molecule has 1 rings (SSSR count). The third kappa shape index (κ3) is 3.80.